The van der Waals surface area contributed by atoms with Gasteiger partial charge in [0.1, 0.15) is 5.82 Å². The van der Waals surface area contributed by atoms with E-state index in [1.807, 2.05) is 13.0 Å². The Kier molecular flexibility index (Phi) is 3.36. The fourth-order valence-corrected chi connectivity index (χ4v) is 1.62. The third-order valence-electron chi connectivity index (χ3n) is 2.48. The van der Waals surface area contributed by atoms with Gasteiger partial charge in [0.15, 0.2) is 5.82 Å². The van der Waals surface area contributed by atoms with Crippen LogP contribution >= 0.6 is 0 Å². The summed E-state index contributed by atoms with van der Waals surface area (Å²) in [4.78, 5) is 24.4. The summed E-state index contributed by atoms with van der Waals surface area (Å²) in [5.74, 6) is 1.33. The number of aryl methyl sites for hydroxylation is 2. The summed E-state index contributed by atoms with van der Waals surface area (Å²) < 4.78 is 1.49. The van der Waals surface area contributed by atoms with Crippen molar-refractivity contribution in [2.24, 2.45) is 0 Å². The van der Waals surface area contributed by atoms with Crippen molar-refractivity contribution in [3.63, 3.8) is 0 Å². The molecule has 0 aliphatic heterocycles. The molecule has 2 aromatic heterocycles. The molecule has 0 atom stereocenters. The quantitative estimate of drug-likeness (QED) is 0.863. The van der Waals surface area contributed by atoms with Crippen LogP contribution in [0.1, 0.15) is 17.2 Å². The normalized spacial score (nSPS) is 10.4. The van der Waals surface area contributed by atoms with Gasteiger partial charge in [-0.2, -0.15) is 0 Å². The summed E-state index contributed by atoms with van der Waals surface area (Å²) in [6.45, 7) is 4.00. The molecule has 0 saturated carbocycles. The van der Waals surface area contributed by atoms with E-state index in [1.54, 1.807) is 14.0 Å². The number of nitrogens with zero attached hydrogens (tertiary/aromatic N) is 4. The lowest BCUT2D eigenvalue weighted by atomic mass is 10.4. The van der Waals surface area contributed by atoms with Crippen LogP contribution in [0.25, 0.3) is 0 Å². The second-order valence-corrected chi connectivity index (χ2v) is 4.06. The van der Waals surface area contributed by atoms with E-state index in [-0.39, 0.29) is 5.56 Å². The molecule has 0 spiro atoms. The summed E-state index contributed by atoms with van der Waals surface area (Å²) in [6.07, 6.45) is 1.52. The van der Waals surface area contributed by atoms with Gasteiger partial charge >= 0.3 is 0 Å². The molecular formula is C12H15N5O. The third kappa shape index (κ3) is 2.71. The minimum Gasteiger partial charge on any atom is -0.373 e. The van der Waals surface area contributed by atoms with E-state index in [0.717, 1.165) is 11.5 Å². The summed E-state index contributed by atoms with van der Waals surface area (Å²) in [6, 6.07) is 3.34. The van der Waals surface area contributed by atoms with E-state index in [9.17, 15) is 4.79 Å². The van der Waals surface area contributed by atoms with Crippen molar-refractivity contribution in [3.8, 4) is 0 Å². The smallest absolute Gasteiger partial charge is 0.253 e. The Labute approximate surface area is 105 Å². The van der Waals surface area contributed by atoms with Crippen LogP contribution in [0.5, 0.6) is 0 Å². The van der Waals surface area contributed by atoms with E-state index in [4.69, 9.17) is 0 Å². The molecule has 18 heavy (non-hydrogen) atoms. The van der Waals surface area contributed by atoms with Gasteiger partial charge in [-0.15, -0.1) is 0 Å². The molecule has 0 fully saturated rings. The van der Waals surface area contributed by atoms with Crippen molar-refractivity contribution >= 4 is 5.82 Å². The summed E-state index contributed by atoms with van der Waals surface area (Å²) in [5, 5.41) is 2.96. The molecule has 0 aliphatic rings. The fourth-order valence-electron chi connectivity index (χ4n) is 1.62. The van der Waals surface area contributed by atoms with Crippen LogP contribution in [0, 0.1) is 13.8 Å². The Bertz CT molecular complexity index is 620. The van der Waals surface area contributed by atoms with Gasteiger partial charge in [0.2, 0.25) is 0 Å². The molecule has 6 nitrogen and oxygen atoms in total. The zero-order valence-corrected chi connectivity index (χ0v) is 10.6. The highest BCUT2D eigenvalue weighted by Crippen LogP contribution is 2.05. The van der Waals surface area contributed by atoms with Gasteiger partial charge < -0.3 is 5.32 Å². The van der Waals surface area contributed by atoms with E-state index in [1.165, 1.54) is 17.0 Å². The van der Waals surface area contributed by atoms with Crippen LogP contribution < -0.4 is 10.9 Å². The van der Waals surface area contributed by atoms with Crippen molar-refractivity contribution in [2.45, 2.75) is 20.4 Å². The van der Waals surface area contributed by atoms with Gasteiger partial charge in [0, 0.05) is 30.6 Å². The molecule has 1 N–H and O–H groups in total. The van der Waals surface area contributed by atoms with Gasteiger partial charge in [0.25, 0.3) is 5.56 Å². The second-order valence-electron chi connectivity index (χ2n) is 4.06. The number of rotatable bonds is 3. The van der Waals surface area contributed by atoms with Crippen molar-refractivity contribution < 1.29 is 0 Å². The molecular weight excluding hydrogens is 230 g/mol. The summed E-state index contributed by atoms with van der Waals surface area (Å²) in [7, 11) is 1.80. The first-order valence-electron chi connectivity index (χ1n) is 5.64. The largest absolute Gasteiger partial charge is 0.373 e. The number of hydrogen-bond donors (Lipinski definition) is 1. The van der Waals surface area contributed by atoms with Crippen molar-refractivity contribution in [1.82, 2.24) is 19.5 Å². The highest BCUT2D eigenvalue weighted by Gasteiger charge is 2.04. The molecule has 0 aromatic carbocycles. The molecule has 0 bridgehead atoms. The fraction of sp³-hybridized carbons (Fsp3) is 0.333. The number of nitrogens with one attached hydrogen (secondary N) is 1. The molecule has 0 aliphatic carbocycles. The lowest BCUT2D eigenvalue weighted by Crippen LogP contribution is -2.22. The van der Waals surface area contributed by atoms with Crippen LogP contribution in [0.4, 0.5) is 5.82 Å². The molecule has 6 heteroatoms. The summed E-state index contributed by atoms with van der Waals surface area (Å²) in [5.41, 5.74) is 1.47. The molecule has 0 radical (unpaired) electrons. The van der Waals surface area contributed by atoms with E-state index < -0.39 is 0 Å². The minimum atomic E-state index is -0.0985. The van der Waals surface area contributed by atoms with Crippen LogP contribution in [0.2, 0.25) is 0 Å². The van der Waals surface area contributed by atoms with E-state index in [0.29, 0.717) is 18.1 Å². The highest BCUT2D eigenvalue weighted by atomic mass is 16.1. The maximum absolute atomic E-state index is 11.7. The molecule has 0 saturated heterocycles. The first-order valence-corrected chi connectivity index (χ1v) is 5.64. The third-order valence-corrected chi connectivity index (χ3v) is 2.48. The predicted molar refractivity (Wildman–Crippen MR) is 68.7 cm³/mol. The number of anilines is 1. The molecule has 2 aromatic rings. The van der Waals surface area contributed by atoms with Crippen LogP contribution in [0.3, 0.4) is 0 Å². The van der Waals surface area contributed by atoms with Crippen LogP contribution in [-0.4, -0.2) is 26.6 Å². The van der Waals surface area contributed by atoms with Gasteiger partial charge in [-0.1, -0.05) is 0 Å². The topological polar surface area (TPSA) is 72.7 Å². The zero-order valence-electron chi connectivity index (χ0n) is 10.6. The lowest BCUT2D eigenvalue weighted by molar-refractivity contribution is 0.691. The van der Waals surface area contributed by atoms with Gasteiger partial charge in [-0.25, -0.2) is 15.0 Å². The average Bonchev–Trinajstić information content (AvgIpc) is 2.32. The molecule has 2 heterocycles. The molecule has 0 amide bonds. The molecule has 0 unspecified atom stereocenters. The SMILES string of the molecule is CNc1cc(C)nc(Cn2cnc(C)cc2=O)n1. The standard InChI is InChI=1S/C12H15N5O/c1-8-5-12(18)17(7-14-8)6-11-15-9(2)4-10(13-3)16-11/h4-5,7H,6H2,1-3H3,(H,13,15,16). The average molecular weight is 245 g/mol. The Morgan fingerprint density at radius 1 is 1.22 bits per heavy atom. The number of hydrogen-bond acceptors (Lipinski definition) is 5. The Hall–Kier alpha value is -2.24. The first kappa shape index (κ1) is 12.2. The first-order chi connectivity index (χ1) is 8.58. The lowest BCUT2D eigenvalue weighted by Gasteiger charge is -2.07. The van der Waals surface area contributed by atoms with E-state index in [2.05, 4.69) is 20.3 Å². The van der Waals surface area contributed by atoms with Crippen molar-refractivity contribution in [2.75, 3.05) is 12.4 Å². The van der Waals surface area contributed by atoms with E-state index >= 15 is 0 Å². The van der Waals surface area contributed by atoms with Crippen LogP contribution in [-0.2, 0) is 6.54 Å². The predicted octanol–water partition coefficient (Wildman–Crippen LogP) is 0.740. The zero-order chi connectivity index (χ0) is 13.1. The second kappa shape index (κ2) is 4.95. The Balaban J connectivity index is 2.33. The van der Waals surface area contributed by atoms with Gasteiger partial charge in [0.05, 0.1) is 12.9 Å². The Morgan fingerprint density at radius 2 is 2.00 bits per heavy atom. The molecule has 94 valence electrons. The summed E-state index contributed by atoms with van der Waals surface area (Å²) >= 11 is 0. The van der Waals surface area contributed by atoms with Gasteiger partial charge in [-0.3, -0.25) is 9.36 Å². The van der Waals surface area contributed by atoms with Crippen molar-refractivity contribution in [1.29, 1.82) is 0 Å². The number of aromatic nitrogens is 4. The maximum Gasteiger partial charge on any atom is 0.253 e. The van der Waals surface area contributed by atoms with Crippen molar-refractivity contribution in [3.05, 3.63) is 46.0 Å². The Morgan fingerprint density at radius 3 is 2.67 bits per heavy atom. The van der Waals surface area contributed by atoms with Gasteiger partial charge in [-0.05, 0) is 13.8 Å². The monoisotopic (exact) mass is 245 g/mol. The minimum absolute atomic E-state index is 0.0985. The molecule has 2 rings (SSSR count). The maximum atomic E-state index is 11.7. The highest BCUT2D eigenvalue weighted by molar-refractivity contribution is 5.34. The van der Waals surface area contributed by atoms with Crippen LogP contribution in [0.15, 0.2) is 23.3 Å².